The minimum absolute atomic E-state index is 0.0223. The van der Waals surface area contributed by atoms with Crippen LogP contribution in [0.5, 0.6) is 0 Å². The smallest absolute Gasteiger partial charge is 0.255 e. The first-order chi connectivity index (χ1) is 11.0. The fourth-order valence-corrected chi connectivity index (χ4v) is 4.40. The maximum absolute atomic E-state index is 12.9. The van der Waals surface area contributed by atoms with Crippen LogP contribution in [0.15, 0.2) is 16.9 Å². The van der Waals surface area contributed by atoms with Crippen molar-refractivity contribution in [3.8, 4) is 0 Å². The Morgan fingerprint density at radius 3 is 2.87 bits per heavy atom. The first-order valence-corrected chi connectivity index (χ1v) is 8.72. The van der Waals surface area contributed by atoms with Crippen LogP contribution >= 0.6 is 0 Å². The van der Waals surface area contributed by atoms with Gasteiger partial charge in [-0.15, -0.1) is 0 Å². The quantitative estimate of drug-likeness (QED) is 0.894. The van der Waals surface area contributed by atoms with Crippen molar-refractivity contribution in [2.24, 2.45) is 11.8 Å². The molecule has 1 aromatic heterocycles. The van der Waals surface area contributed by atoms with Crippen molar-refractivity contribution >= 4 is 5.91 Å². The fourth-order valence-electron chi connectivity index (χ4n) is 4.40. The molecule has 0 bridgehead atoms. The van der Waals surface area contributed by atoms with E-state index >= 15 is 0 Å². The molecule has 2 heterocycles. The molecule has 1 amide bonds. The largest absolute Gasteiger partial charge is 0.390 e. The van der Waals surface area contributed by atoms with Gasteiger partial charge in [0, 0.05) is 30.8 Å². The highest BCUT2D eigenvalue weighted by molar-refractivity contribution is 5.95. The highest BCUT2D eigenvalue weighted by Crippen LogP contribution is 2.44. The van der Waals surface area contributed by atoms with E-state index in [1.165, 1.54) is 6.07 Å². The summed E-state index contributed by atoms with van der Waals surface area (Å²) >= 11 is 0. The molecule has 1 aliphatic heterocycles. The molecule has 0 radical (unpaired) electrons. The Hall–Kier alpha value is -1.62. The summed E-state index contributed by atoms with van der Waals surface area (Å²) in [7, 11) is 0. The number of carbonyl (C=O) groups excluding carboxylic acids is 1. The number of hydrogen-bond acceptors (Lipinski definition) is 3. The Kier molecular flexibility index (Phi) is 4.32. The van der Waals surface area contributed by atoms with Gasteiger partial charge in [-0.05, 0) is 37.7 Å². The molecule has 2 fully saturated rings. The first-order valence-electron chi connectivity index (χ1n) is 8.72. The van der Waals surface area contributed by atoms with Gasteiger partial charge in [-0.3, -0.25) is 9.59 Å². The summed E-state index contributed by atoms with van der Waals surface area (Å²) in [6.45, 7) is 5.30. The molecule has 3 atom stereocenters. The lowest BCUT2D eigenvalue weighted by molar-refractivity contribution is -0.0609. The summed E-state index contributed by atoms with van der Waals surface area (Å²) in [4.78, 5) is 29.0. The Labute approximate surface area is 136 Å². The lowest BCUT2D eigenvalue weighted by Gasteiger charge is -2.40. The van der Waals surface area contributed by atoms with E-state index < -0.39 is 5.60 Å². The van der Waals surface area contributed by atoms with Gasteiger partial charge in [0.05, 0.1) is 11.2 Å². The van der Waals surface area contributed by atoms with Gasteiger partial charge in [-0.25, -0.2) is 0 Å². The molecule has 5 heteroatoms. The Morgan fingerprint density at radius 2 is 2.17 bits per heavy atom. The Balaban J connectivity index is 1.84. The normalized spacial score (nSPS) is 30.3. The van der Waals surface area contributed by atoms with Crippen molar-refractivity contribution in [1.29, 1.82) is 0 Å². The zero-order valence-electron chi connectivity index (χ0n) is 14.0. The maximum Gasteiger partial charge on any atom is 0.255 e. The van der Waals surface area contributed by atoms with Crippen LogP contribution in [0.4, 0.5) is 0 Å². The van der Waals surface area contributed by atoms with E-state index in [9.17, 15) is 14.7 Å². The van der Waals surface area contributed by atoms with E-state index in [0.29, 0.717) is 36.7 Å². The number of pyridine rings is 1. The highest BCUT2D eigenvalue weighted by Gasteiger charge is 2.48. The number of nitrogens with one attached hydrogen (secondary N) is 1. The fraction of sp³-hybridized carbons (Fsp3) is 0.667. The summed E-state index contributed by atoms with van der Waals surface area (Å²) in [5.74, 6) is 0.550. The number of amides is 1. The van der Waals surface area contributed by atoms with Crippen LogP contribution < -0.4 is 5.56 Å². The van der Waals surface area contributed by atoms with E-state index in [-0.39, 0.29) is 17.4 Å². The average molecular weight is 318 g/mol. The van der Waals surface area contributed by atoms with Gasteiger partial charge in [0.25, 0.3) is 5.91 Å². The third-order valence-electron chi connectivity index (χ3n) is 5.80. The van der Waals surface area contributed by atoms with Crippen LogP contribution in [0.25, 0.3) is 0 Å². The van der Waals surface area contributed by atoms with Crippen LogP contribution in [0, 0.1) is 11.8 Å². The van der Waals surface area contributed by atoms with E-state index in [2.05, 4.69) is 4.98 Å². The molecule has 1 saturated heterocycles. The number of aromatic nitrogens is 1. The number of aromatic amines is 1. The molecule has 1 aromatic rings. The lowest BCUT2D eigenvalue weighted by atomic mass is 9.69. The number of likely N-dealkylation sites (tertiary alicyclic amines) is 1. The summed E-state index contributed by atoms with van der Waals surface area (Å²) in [5.41, 5.74) is 0.485. The van der Waals surface area contributed by atoms with Crippen LogP contribution in [-0.4, -0.2) is 39.6 Å². The maximum atomic E-state index is 12.9. The highest BCUT2D eigenvalue weighted by atomic mass is 16.3. The number of carbonyl (C=O) groups is 1. The number of hydrogen-bond donors (Lipinski definition) is 2. The minimum atomic E-state index is -0.628. The van der Waals surface area contributed by atoms with Crippen molar-refractivity contribution in [1.82, 2.24) is 9.88 Å². The molecule has 0 aromatic carbocycles. The lowest BCUT2D eigenvalue weighted by Crippen LogP contribution is -2.44. The number of nitrogens with zero attached hydrogens (tertiary/aromatic N) is 1. The second-order valence-corrected chi connectivity index (χ2v) is 6.99. The first kappa shape index (κ1) is 16.2. The third-order valence-corrected chi connectivity index (χ3v) is 5.80. The van der Waals surface area contributed by atoms with E-state index in [1.807, 2.05) is 18.7 Å². The van der Waals surface area contributed by atoms with Crippen molar-refractivity contribution in [3.05, 3.63) is 33.7 Å². The molecule has 2 N–H and O–H groups in total. The second kappa shape index (κ2) is 6.11. The van der Waals surface area contributed by atoms with Gasteiger partial charge >= 0.3 is 0 Å². The zero-order valence-corrected chi connectivity index (χ0v) is 14.0. The van der Waals surface area contributed by atoms with Crippen LogP contribution in [0.1, 0.15) is 55.6 Å². The van der Waals surface area contributed by atoms with Gasteiger partial charge in [-0.2, -0.15) is 0 Å². The number of fused-ring (bicyclic) bond motifs is 1. The summed E-state index contributed by atoms with van der Waals surface area (Å²) < 4.78 is 0. The molecular formula is C18H26N2O3. The SMILES string of the molecule is CCc1[nH]c(=O)ccc1C(=O)N1C[C@@H]2CCC[C@@](O)(CC)[C@@H]2C1. The van der Waals surface area contributed by atoms with Crippen molar-refractivity contribution in [3.63, 3.8) is 0 Å². The average Bonchev–Trinajstić information content (AvgIpc) is 3.00. The standard InChI is InChI=1S/C18H26N2O3/c1-3-15-13(7-8-16(21)19-15)17(22)20-10-12-6-5-9-18(23,4-2)14(12)11-20/h7-8,12,14,23H,3-6,9-11H2,1-2H3,(H,19,21)/t12-,14+,18-/m0/s1. The topological polar surface area (TPSA) is 73.4 Å². The van der Waals surface area contributed by atoms with Gasteiger partial charge < -0.3 is 15.0 Å². The van der Waals surface area contributed by atoms with Crippen molar-refractivity contribution < 1.29 is 9.90 Å². The third kappa shape index (κ3) is 2.82. The Bertz CT molecular complexity index is 654. The van der Waals surface area contributed by atoms with E-state index in [0.717, 1.165) is 25.7 Å². The molecule has 3 rings (SSSR count). The Morgan fingerprint density at radius 1 is 1.39 bits per heavy atom. The van der Waals surface area contributed by atoms with Crippen LogP contribution in [0.2, 0.25) is 0 Å². The van der Waals surface area contributed by atoms with Gasteiger partial charge in [-0.1, -0.05) is 20.3 Å². The van der Waals surface area contributed by atoms with E-state index in [1.54, 1.807) is 6.07 Å². The molecule has 1 saturated carbocycles. The molecule has 0 unspecified atom stereocenters. The monoisotopic (exact) mass is 318 g/mol. The predicted octanol–water partition coefficient (Wildman–Crippen LogP) is 1.95. The minimum Gasteiger partial charge on any atom is -0.390 e. The number of H-pyrrole nitrogens is 1. The molecule has 126 valence electrons. The molecule has 1 aliphatic carbocycles. The second-order valence-electron chi connectivity index (χ2n) is 6.99. The van der Waals surface area contributed by atoms with Crippen molar-refractivity contribution in [2.45, 2.75) is 51.6 Å². The molecule has 2 aliphatic rings. The zero-order chi connectivity index (χ0) is 16.6. The molecule has 5 nitrogen and oxygen atoms in total. The number of rotatable bonds is 3. The molecular weight excluding hydrogens is 292 g/mol. The molecule has 0 spiro atoms. The van der Waals surface area contributed by atoms with Gasteiger partial charge in [0.2, 0.25) is 5.56 Å². The van der Waals surface area contributed by atoms with Gasteiger partial charge in [0.1, 0.15) is 0 Å². The summed E-state index contributed by atoms with van der Waals surface area (Å²) in [5, 5.41) is 10.9. The summed E-state index contributed by atoms with van der Waals surface area (Å²) in [6.07, 6.45) is 4.33. The van der Waals surface area contributed by atoms with Gasteiger partial charge in [0.15, 0.2) is 0 Å². The van der Waals surface area contributed by atoms with Crippen LogP contribution in [-0.2, 0) is 6.42 Å². The molecule has 23 heavy (non-hydrogen) atoms. The van der Waals surface area contributed by atoms with E-state index in [4.69, 9.17) is 0 Å². The van der Waals surface area contributed by atoms with Crippen LogP contribution in [0.3, 0.4) is 0 Å². The summed E-state index contributed by atoms with van der Waals surface area (Å²) in [6, 6.07) is 3.05. The predicted molar refractivity (Wildman–Crippen MR) is 88.4 cm³/mol. The van der Waals surface area contributed by atoms with Crippen molar-refractivity contribution in [2.75, 3.05) is 13.1 Å². The number of aryl methyl sites for hydroxylation is 1. The number of aliphatic hydroxyl groups is 1.